The summed E-state index contributed by atoms with van der Waals surface area (Å²) in [7, 11) is -2.85. The largest absolute Gasteiger partial charge is 0.495 e. The van der Waals surface area contributed by atoms with Crippen molar-refractivity contribution in [3.63, 3.8) is 0 Å². The average Bonchev–Trinajstić information content (AvgIpc) is 2.80. The molecule has 6 nitrogen and oxygen atoms in total. The second-order valence-corrected chi connectivity index (χ2v) is 9.11. The maximum Gasteiger partial charge on any atom is 0.307 e. The molecule has 0 atom stereocenters. The zero-order valence-corrected chi connectivity index (χ0v) is 18.7. The highest BCUT2D eigenvalue weighted by Gasteiger charge is 2.24. The van der Waals surface area contributed by atoms with Gasteiger partial charge in [0.2, 0.25) is 0 Å². The number of benzene rings is 4. The summed E-state index contributed by atoms with van der Waals surface area (Å²) in [5.74, 6) is -2.26. The van der Waals surface area contributed by atoms with Crippen molar-refractivity contribution < 1.29 is 31.8 Å². The molecular weight excluding hydrogens is 464 g/mol. The molecule has 34 heavy (non-hydrogen) atoms. The van der Waals surface area contributed by atoms with Gasteiger partial charge in [0.15, 0.2) is 0 Å². The van der Waals surface area contributed by atoms with Crippen LogP contribution in [0.3, 0.4) is 0 Å². The Balaban J connectivity index is 1.90. The molecule has 0 aliphatic carbocycles. The summed E-state index contributed by atoms with van der Waals surface area (Å²) >= 11 is 0. The molecule has 0 amide bonds. The van der Waals surface area contributed by atoms with Crippen LogP contribution in [0.4, 0.5) is 14.5 Å². The summed E-state index contributed by atoms with van der Waals surface area (Å²) in [4.78, 5) is 10.9. The highest BCUT2D eigenvalue weighted by atomic mass is 32.2. The van der Waals surface area contributed by atoms with Gasteiger partial charge in [0.05, 0.1) is 18.4 Å². The van der Waals surface area contributed by atoms with E-state index in [4.69, 9.17) is 9.84 Å². The summed E-state index contributed by atoms with van der Waals surface area (Å²) in [6, 6.07) is 17.2. The number of sulfonamides is 1. The van der Waals surface area contributed by atoms with E-state index in [9.17, 15) is 22.0 Å². The lowest BCUT2D eigenvalue weighted by molar-refractivity contribution is -0.136. The standard InChI is InChI=1S/C25H19F2NO5S/c1-33-25-19-8-3-2-7-18(19)23(14-20(25)17-6-4-5-9-22(17)27)34(31,32)28-16-10-11-21(26)15(12-16)13-24(29)30/h2-12,14,28H,13H2,1H3,(H,29,30). The second-order valence-electron chi connectivity index (χ2n) is 7.46. The van der Waals surface area contributed by atoms with Gasteiger partial charge in [-0.3, -0.25) is 9.52 Å². The van der Waals surface area contributed by atoms with E-state index in [-0.39, 0.29) is 27.3 Å². The number of hydrogen-bond donors (Lipinski definition) is 2. The molecule has 0 bridgehead atoms. The van der Waals surface area contributed by atoms with Crippen molar-refractivity contribution in [3.8, 4) is 16.9 Å². The number of anilines is 1. The van der Waals surface area contributed by atoms with Crippen LogP contribution in [0.5, 0.6) is 5.75 Å². The Morgan fingerprint density at radius 1 is 0.912 bits per heavy atom. The number of carboxylic acid groups (broad SMARTS) is 1. The Morgan fingerprint density at radius 2 is 1.59 bits per heavy atom. The van der Waals surface area contributed by atoms with Crippen molar-refractivity contribution >= 4 is 32.5 Å². The third-order valence-electron chi connectivity index (χ3n) is 5.25. The molecule has 9 heteroatoms. The van der Waals surface area contributed by atoms with Crippen LogP contribution in [0.2, 0.25) is 0 Å². The summed E-state index contributed by atoms with van der Waals surface area (Å²) in [6.45, 7) is 0. The summed E-state index contributed by atoms with van der Waals surface area (Å²) in [5.41, 5.74) is 0.224. The molecule has 4 aromatic carbocycles. The first-order chi connectivity index (χ1) is 16.2. The Bertz CT molecular complexity index is 1520. The molecule has 0 radical (unpaired) electrons. The molecule has 4 aromatic rings. The fourth-order valence-electron chi connectivity index (χ4n) is 3.78. The van der Waals surface area contributed by atoms with Crippen LogP contribution in [0.15, 0.2) is 77.7 Å². The van der Waals surface area contributed by atoms with E-state index in [1.54, 1.807) is 30.3 Å². The zero-order chi connectivity index (χ0) is 24.5. The van der Waals surface area contributed by atoms with Crippen LogP contribution >= 0.6 is 0 Å². The van der Waals surface area contributed by atoms with Crippen molar-refractivity contribution in [2.45, 2.75) is 11.3 Å². The smallest absolute Gasteiger partial charge is 0.307 e. The van der Waals surface area contributed by atoms with E-state index in [0.29, 0.717) is 16.5 Å². The maximum absolute atomic E-state index is 14.6. The summed E-state index contributed by atoms with van der Waals surface area (Å²) in [6.07, 6.45) is -0.607. The normalized spacial score (nSPS) is 11.4. The molecule has 2 N–H and O–H groups in total. The van der Waals surface area contributed by atoms with Crippen LogP contribution in [0, 0.1) is 11.6 Å². The van der Waals surface area contributed by atoms with E-state index in [1.807, 2.05) is 0 Å². The number of halogens is 2. The third kappa shape index (κ3) is 4.42. The van der Waals surface area contributed by atoms with Crippen molar-refractivity contribution in [3.05, 3.63) is 90.0 Å². The Morgan fingerprint density at radius 3 is 2.26 bits per heavy atom. The number of carboxylic acids is 1. The predicted octanol–water partition coefficient (Wildman–Crippen LogP) is 5.22. The summed E-state index contributed by atoms with van der Waals surface area (Å²) in [5, 5.41) is 9.76. The molecule has 0 heterocycles. The highest BCUT2D eigenvalue weighted by molar-refractivity contribution is 7.93. The summed E-state index contributed by atoms with van der Waals surface area (Å²) < 4.78 is 63.4. The number of ether oxygens (including phenoxy) is 1. The fraction of sp³-hybridized carbons (Fsp3) is 0.0800. The number of rotatable bonds is 7. The van der Waals surface area contributed by atoms with Gasteiger partial charge in [0.25, 0.3) is 10.0 Å². The van der Waals surface area contributed by atoms with Crippen LogP contribution in [-0.4, -0.2) is 26.6 Å². The lowest BCUT2D eigenvalue weighted by atomic mass is 9.99. The van der Waals surface area contributed by atoms with Gasteiger partial charge in [-0.25, -0.2) is 17.2 Å². The van der Waals surface area contributed by atoms with Crippen molar-refractivity contribution in [1.29, 1.82) is 0 Å². The zero-order valence-electron chi connectivity index (χ0n) is 17.9. The minimum absolute atomic E-state index is 0.00927. The predicted molar refractivity (Wildman–Crippen MR) is 124 cm³/mol. The SMILES string of the molecule is COc1c(-c2ccccc2F)cc(S(=O)(=O)Nc2ccc(F)c(CC(=O)O)c2)c2ccccc12. The molecule has 0 aliphatic rings. The van der Waals surface area contributed by atoms with Gasteiger partial charge in [0.1, 0.15) is 17.4 Å². The van der Waals surface area contributed by atoms with Crippen molar-refractivity contribution in [2.75, 3.05) is 11.8 Å². The van der Waals surface area contributed by atoms with Gasteiger partial charge < -0.3 is 9.84 Å². The van der Waals surface area contributed by atoms with E-state index >= 15 is 0 Å². The molecule has 0 saturated heterocycles. The van der Waals surface area contributed by atoms with E-state index in [2.05, 4.69) is 4.72 Å². The molecular formula is C25H19F2NO5S. The molecule has 0 aromatic heterocycles. The first-order valence-corrected chi connectivity index (χ1v) is 11.6. The number of aliphatic carboxylic acids is 1. The van der Waals surface area contributed by atoms with E-state index in [0.717, 1.165) is 12.1 Å². The van der Waals surface area contributed by atoms with E-state index < -0.39 is 34.0 Å². The molecule has 0 saturated carbocycles. The molecule has 0 spiro atoms. The topological polar surface area (TPSA) is 92.7 Å². The van der Waals surface area contributed by atoms with Gasteiger partial charge in [-0.1, -0.05) is 42.5 Å². The molecule has 0 aliphatic heterocycles. The van der Waals surface area contributed by atoms with Crippen LogP contribution in [0.25, 0.3) is 21.9 Å². The lowest BCUT2D eigenvalue weighted by Crippen LogP contribution is -2.14. The minimum atomic E-state index is -4.26. The third-order valence-corrected chi connectivity index (χ3v) is 6.68. The number of hydrogen-bond acceptors (Lipinski definition) is 4. The minimum Gasteiger partial charge on any atom is -0.495 e. The van der Waals surface area contributed by atoms with Crippen LogP contribution in [0.1, 0.15) is 5.56 Å². The molecule has 4 rings (SSSR count). The first-order valence-electron chi connectivity index (χ1n) is 10.1. The quantitative estimate of drug-likeness (QED) is 0.376. The van der Waals surface area contributed by atoms with Crippen LogP contribution in [-0.2, 0) is 21.2 Å². The lowest BCUT2D eigenvalue weighted by Gasteiger charge is -2.17. The number of carbonyl (C=O) groups is 1. The molecule has 0 fully saturated rings. The Kier molecular flexibility index (Phi) is 6.21. The van der Waals surface area contributed by atoms with Crippen LogP contribution < -0.4 is 9.46 Å². The number of fused-ring (bicyclic) bond motifs is 1. The van der Waals surface area contributed by atoms with Gasteiger partial charge in [0, 0.05) is 33.2 Å². The number of nitrogens with one attached hydrogen (secondary N) is 1. The van der Waals surface area contributed by atoms with Gasteiger partial charge in [-0.15, -0.1) is 0 Å². The van der Waals surface area contributed by atoms with Crippen molar-refractivity contribution in [2.24, 2.45) is 0 Å². The maximum atomic E-state index is 14.6. The second kappa shape index (κ2) is 9.11. The van der Waals surface area contributed by atoms with E-state index in [1.165, 1.54) is 37.4 Å². The first kappa shape index (κ1) is 23.2. The fourth-order valence-corrected chi connectivity index (χ4v) is 5.07. The monoisotopic (exact) mass is 483 g/mol. The highest BCUT2D eigenvalue weighted by Crippen LogP contribution is 2.41. The number of methoxy groups -OCH3 is 1. The van der Waals surface area contributed by atoms with Gasteiger partial charge in [-0.05, 0) is 30.3 Å². The Hall–Kier alpha value is -3.98. The van der Waals surface area contributed by atoms with Crippen molar-refractivity contribution in [1.82, 2.24) is 0 Å². The van der Waals surface area contributed by atoms with Gasteiger partial charge >= 0.3 is 5.97 Å². The average molecular weight is 483 g/mol. The van der Waals surface area contributed by atoms with Gasteiger partial charge in [-0.2, -0.15) is 0 Å². The molecule has 0 unspecified atom stereocenters. The Labute approximate surface area is 194 Å². The molecule has 174 valence electrons.